The van der Waals surface area contributed by atoms with Crippen LogP contribution in [0, 0.1) is 0 Å². The molecule has 146 valence electrons. The van der Waals surface area contributed by atoms with Gasteiger partial charge in [-0.15, -0.1) is 0 Å². The molecule has 28 heavy (non-hydrogen) atoms. The lowest BCUT2D eigenvalue weighted by Crippen LogP contribution is -1.96. The van der Waals surface area contributed by atoms with E-state index in [4.69, 9.17) is 9.47 Å². The summed E-state index contributed by atoms with van der Waals surface area (Å²) < 4.78 is 22.9. The van der Waals surface area contributed by atoms with E-state index in [1.54, 1.807) is 54.9 Å². The molecular formula is C21H22N2O4S. The molecule has 0 fully saturated rings. The molecule has 0 aliphatic heterocycles. The summed E-state index contributed by atoms with van der Waals surface area (Å²) in [6, 6.07) is 11.8. The lowest BCUT2D eigenvalue weighted by molar-refractivity contribution is 0.101. The molecule has 0 bridgehead atoms. The minimum atomic E-state index is -1.05. The molecule has 1 aromatic heterocycles. The Morgan fingerprint density at radius 2 is 1.57 bits per heavy atom. The molecule has 1 unspecified atom stereocenters. The fourth-order valence-electron chi connectivity index (χ4n) is 2.19. The molecule has 2 aromatic carbocycles. The van der Waals surface area contributed by atoms with Crippen molar-refractivity contribution in [2.24, 2.45) is 0 Å². The quantitative estimate of drug-likeness (QED) is 0.542. The van der Waals surface area contributed by atoms with Gasteiger partial charge in [-0.2, -0.15) is 0 Å². The number of ether oxygens (including phenoxy) is 2. The van der Waals surface area contributed by atoms with Gasteiger partial charge in [0.25, 0.3) is 0 Å². The Bertz CT molecular complexity index is 944. The summed E-state index contributed by atoms with van der Waals surface area (Å²) in [7, 11) is -1.05. The number of Topliss-reactive ketones (excluding diaryl/α,β-unsaturated/α-hetero) is 1. The smallest absolute Gasteiger partial charge is 0.237 e. The van der Waals surface area contributed by atoms with E-state index in [1.807, 2.05) is 13.8 Å². The van der Waals surface area contributed by atoms with Crippen LogP contribution in [-0.4, -0.2) is 26.2 Å². The van der Waals surface area contributed by atoms with Gasteiger partial charge >= 0.3 is 0 Å². The molecule has 7 heteroatoms. The van der Waals surface area contributed by atoms with Crippen LogP contribution in [0.5, 0.6) is 23.1 Å². The van der Waals surface area contributed by atoms with Crippen molar-refractivity contribution in [2.75, 3.05) is 6.26 Å². The molecule has 6 nitrogen and oxygen atoms in total. The number of nitrogens with zero attached hydrogens (tertiary/aromatic N) is 2. The van der Waals surface area contributed by atoms with Gasteiger partial charge < -0.3 is 9.47 Å². The maximum Gasteiger partial charge on any atom is 0.237 e. The molecule has 0 saturated carbocycles. The number of carbonyl (C=O) groups excluding carboxylic acids is 1. The SMILES string of the molecule is CC.CC(=O)c1cc(Oc2ccc(S(C)=O)cc2)cc(Oc2cnccn2)c1. The maximum atomic E-state index is 11.8. The molecule has 0 radical (unpaired) electrons. The standard InChI is InChI=1S/C19H16N2O4S.C2H6/c1-13(22)14-9-16(24-15-3-5-18(6-4-15)26(2)23)11-17(10-14)25-19-12-20-7-8-21-19;1-2/h3-12H,1-2H3;1-2H3. The fraction of sp³-hybridized carbons (Fsp3) is 0.190. The van der Waals surface area contributed by atoms with E-state index in [0.29, 0.717) is 33.6 Å². The van der Waals surface area contributed by atoms with Gasteiger partial charge in [0.1, 0.15) is 17.2 Å². The third-order valence-electron chi connectivity index (χ3n) is 3.44. The van der Waals surface area contributed by atoms with Gasteiger partial charge in [-0.3, -0.25) is 14.0 Å². The van der Waals surface area contributed by atoms with Crippen LogP contribution in [-0.2, 0) is 10.8 Å². The van der Waals surface area contributed by atoms with Gasteiger partial charge in [-0.25, -0.2) is 4.98 Å². The van der Waals surface area contributed by atoms with E-state index in [2.05, 4.69) is 9.97 Å². The Morgan fingerprint density at radius 1 is 0.929 bits per heavy atom. The molecule has 0 aliphatic carbocycles. The average molecular weight is 398 g/mol. The zero-order valence-corrected chi connectivity index (χ0v) is 17.0. The van der Waals surface area contributed by atoms with Gasteiger partial charge in [0.15, 0.2) is 5.78 Å². The van der Waals surface area contributed by atoms with Gasteiger partial charge in [-0.1, -0.05) is 13.8 Å². The Labute approximate surface area is 167 Å². The van der Waals surface area contributed by atoms with Crippen LogP contribution in [0.2, 0.25) is 0 Å². The van der Waals surface area contributed by atoms with Crippen molar-refractivity contribution in [3.63, 3.8) is 0 Å². The molecule has 1 atom stereocenters. The Hall–Kier alpha value is -3.06. The lowest BCUT2D eigenvalue weighted by Gasteiger charge is -2.11. The third-order valence-corrected chi connectivity index (χ3v) is 4.38. The number of carbonyl (C=O) groups is 1. The summed E-state index contributed by atoms with van der Waals surface area (Å²) in [4.78, 5) is 20.5. The number of hydrogen-bond acceptors (Lipinski definition) is 6. The predicted molar refractivity (Wildman–Crippen MR) is 109 cm³/mol. The Kier molecular flexibility index (Phi) is 7.83. The first-order valence-electron chi connectivity index (χ1n) is 8.72. The highest BCUT2D eigenvalue weighted by molar-refractivity contribution is 7.84. The van der Waals surface area contributed by atoms with E-state index >= 15 is 0 Å². The highest BCUT2D eigenvalue weighted by atomic mass is 32.2. The van der Waals surface area contributed by atoms with Crippen molar-refractivity contribution in [3.05, 3.63) is 66.6 Å². The molecule has 0 spiro atoms. The van der Waals surface area contributed by atoms with Gasteiger partial charge in [0.2, 0.25) is 5.88 Å². The van der Waals surface area contributed by atoms with Crippen LogP contribution >= 0.6 is 0 Å². The summed E-state index contributed by atoms with van der Waals surface area (Å²) in [5.41, 5.74) is 0.452. The summed E-state index contributed by atoms with van der Waals surface area (Å²) in [5, 5.41) is 0. The van der Waals surface area contributed by atoms with Crippen LogP contribution in [0.1, 0.15) is 31.1 Å². The number of rotatable bonds is 6. The Morgan fingerprint density at radius 3 is 2.11 bits per heavy atom. The Balaban J connectivity index is 0.00000136. The predicted octanol–water partition coefficient (Wildman–Crippen LogP) is 5.03. The van der Waals surface area contributed by atoms with Crippen molar-refractivity contribution >= 4 is 16.6 Å². The highest BCUT2D eigenvalue weighted by Gasteiger charge is 2.09. The van der Waals surface area contributed by atoms with Gasteiger partial charge in [0, 0.05) is 46.0 Å². The summed E-state index contributed by atoms with van der Waals surface area (Å²) in [5.74, 6) is 1.62. The molecular weight excluding hydrogens is 376 g/mol. The van der Waals surface area contributed by atoms with Crippen molar-refractivity contribution in [3.8, 4) is 23.1 Å². The second-order valence-corrected chi connectivity index (χ2v) is 6.80. The maximum absolute atomic E-state index is 11.8. The number of ketones is 1. The van der Waals surface area contributed by atoms with Crippen LogP contribution < -0.4 is 9.47 Å². The third kappa shape index (κ3) is 5.99. The topological polar surface area (TPSA) is 78.4 Å². The molecule has 0 amide bonds. The van der Waals surface area contributed by atoms with Crippen molar-refractivity contribution < 1.29 is 18.5 Å². The average Bonchev–Trinajstić information content (AvgIpc) is 2.70. The first-order chi connectivity index (χ1) is 13.5. The second kappa shape index (κ2) is 10.3. The van der Waals surface area contributed by atoms with E-state index in [9.17, 15) is 9.00 Å². The van der Waals surface area contributed by atoms with E-state index in [0.717, 1.165) is 0 Å². The van der Waals surface area contributed by atoms with Crippen LogP contribution in [0.4, 0.5) is 0 Å². The normalized spacial score (nSPS) is 11.0. The molecule has 1 heterocycles. The zero-order chi connectivity index (χ0) is 20.5. The summed E-state index contributed by atoms with van der Waals surface area (Å²) >= 11 is 0. The largest absolute Gasteiger partial charge is 0.457 e. The zero-order valence-electron chi connectivity index (χ0n) is 16.2. The monoisotopic (exact) mass is 398 g/mol. The molecule has 3 rings (SSSR count). The fourth-order valence-corrected chi connectivity index (χ4v) is 2.71. The van der Waals surface area contributed by atoms with Crippen molar-refractivity contribution in [2.45, 2.75) is 25.7 Å². The molecule has 0 saturated heterocycles. The van der Waals surface area contributed by atoms with E-state index < -0.39 is 10.8 Å². The highest BCUT2D eigenvalue weighted by Crippen LogP contribution is 2.30. The summed E-state index contributed by atoms with van der Waals surface area (Å²) in [6.45, 7) is 5.47. The number of hydrogen-bond donors (Lipinski definition) is 0. The molecule has 0 aliphatic rings. The second-order valence-electron chi connectivity index (χ2n) is 5.42. The first-order valence-corrected chi connectivity index (χ1v) is 10.3. The van der Waals surface area contributed by atoms with Crippen molar-refractivity contribution in [1.29, 1.82) is 0 Å². The molecule has 0 N–H and O–H groups in total. The van der Waals surface area contributed by atoms with E-state index in [-0.39, 0.29) is 5.78 Å². The molecule has 3 aromatic rings. The van der Waals surface area contributed by atoms with Gasteiger partial charge in [-0.05, 0) is 43.3 Å². The van der Waals surface area contributed by atoms with Crippen LogP contribution in [0.25, 0.3) is 0 Å². The van der Waals surface area contributed by atoms with Gasteiger partial charge in [0.05, 0.1) is 6.20 Å². The van der Waals surface area contributed by atoms with Crippen LogP contribution in [0.15, 0.2) is 66.0 Å². The number of aromatic nitrogens is 2. The van der Waals surface area contributed by atoms with Crippen molar-refractivity contribution in [1.82, 2.24) is 9.97 Å². The number of benzene rings is 2. The minimum absolute atomic E-state index is 0.115. The summed E-state index contributed by atoms with van der Waals surface area (Å²) in [6.07, 6.45) is 6.15. The minimum Gasteiger partial charge on any atom is -0.457 e. The first kappa shape index (κ1) is 21.2. The van der Waals surface area contributed by atoms with Crippen LogP contribution in [0.3, 0.4) is 0 Å². The van der Waals surface area contributed by atoms with E-state index in [1.165, 1.54) is 19.3 Å². The lowest BCUT2D eigenvalue weighted by atomic mass is 10.1.